The van der Waals surface area contributed by atoms with Gasteiger partial charge in [-0.25, -0.2) is 18.4 Å². The number of carbonyl (C=O) groups is 5. The maximum Gasteiger partial charge on any atom is 0.306 e. The van der Waals surface area contributed by atoms with Crippen molar-refractivity contribution >= 4 is 104 Å². The summed E-state index contributed by atoms with van der Waals surface area (Å²) in [5, 5.41) is 24.2. The van der Waals surface area contributed by atoms with Crippen molar-refractivity contribution in [3.63, 3.8) is 0 Å². The number of sulfone groups is 1. The van der Waals surface area contributed by atoms with Gasteiger partial charge in [-0.1, -0.05) is 149 Å². The Kier molecular flexibility index (Phi) is 52.1. The van der Waals surface area contributed by atoms with Crippen LogP contribution in [0.25, 0.3) is 0 Å². The Morgan fingerprint density at radius 2 is 1.12 bits per heavy atom. The minimum atomic E-state index is -3.74. The topological polar surface area (TPSA) is 256 Å². The van der Waals surface area contributed by atoms with Crippen LogP contribution in [0.4, 0.5) is 0 Å². The highest BCUT2D eigenvalue weighted by atomic mass is 33.1. The molecule has 2 aromatic rings. The van der Waals surface area contributed by atoms with Gasteiger partial charge in [0.15, 0.2) is 15.6 Å². The van der Waals surface area contributed by atoms with Gasteiger partial charge in [-0.05, 0) is 81.4 Å². The van der Waals surface area contributed by atoms with Crippen molar-refractivity contribution < 1.29 is 66.3 Å². The number of hydrogen-bond acceptors (Lipinski definition) is 20. The Balaban J connectivity index is 0.00000486. The summed E-state index contributed by atoms with van der Waals surface area (Å²) >= 11 is 0. The minimum absolute atomic E-state index is 0.0536. The lowest BCUT2D eigenvalue weighted by molar-refractivity contribution is -0.141. The zero-order valence-electron chi connectivity index (χ0n) is 46.7. The molecule has 25 heteroatoms. The molecule has 0 saturated carbocycles. The summed E-state index contributed by atoms with van der Waals surface area (Å²) in [7, 11) is 7.24. The number of unbranched alkanes of at least 4 members (excludes halogenated alkanes) is 13. The predicted molar refractivity (Wildman–Crippen MR) is 325 cm³/mol. The van der Waals surface area contributed by atoms with E-state index in [4.69, 9.17) is 33.9 Å². The van der Waals surface area contributed by atoms with Crippen LogP contribution in [0, 0.1) is 5.92 Å². The van der Waals surface area contributed by atoms with Gasteiger partial charge in [0.1, 0.15) is 30.5 Å². The Labute approximate surface area is 489 Å². The number of aliphatic carboxylic acids is 2. The number of hydrogen-bond donors (Lipinski definition) is 4. The van der Waals surface area contributed by atoms with Crippen LogP contribution in [0.5, 0.6) is 5.75 Å². The van der Waals surface area contributed by atoms with Crippen LogP contribution in [-0.4, -0.2) is 161 Å². The maximum atomic E-state index is 13.0. The highest BCUT2D eigenvalue weighted by molar-refractivity contribution is 8.84. The molecular formula is C53H90N4O14S7. The van der Waals surface area contributed by atoms with E-state index in [-0.39, 0.29) is 87.2 Å². The fourth-order valence-corrected chi connectivity index (χ4v) is 12.0. The number of carbonyl (C=O) groups excluding carboxylic acids is 3. The zero-order valence-corrected chi connectivity index (χ0v) is 52.4. The Hall–Kier alpha value is -2.46. The van der Waals surface area contributed by atoms with Gasteiger partial charge in [0, 0.05) is 44.9 Å². The Morgan fingerprint density at radius 1 is 0.577 bits per heavy atom. The average molecular weight is 1230 g/mol. The number of ketones is 1. The number of carboxylic acids is 2. The third-order valence-electron chi connectivity index (χ3n) is 11.1. The molecule has 1 aromatic carbocycles. The van der Waals surface area contributed by atoms with E-state index in [9.17, 15) is 32.4 Å². The number of rotatable bonds is 49. The molecule has 2 rings (SSSR count). The van der Waals surface area contributed by atoms with Crippen molar-refractivity contribution in [2.75, 3.05) is 103 Å². The fourth-order valence-electron chi connectivity index (χ4n) is 6.72. The molecule has 18 nitrogen and oxygen atoms in total. The van der Waals surface area contributed by atoms with Crippen LogP contribution >= 0.6 is 64.8 Å². The number of nitrogens with zero attached hydrogens (tertiary/aromatic N) is 2. The molecule has 0 unspecified atom stereocenters. The highest BCUT2D eigenvalue weighted by Crippen LogP contribution is 2.28. The van der Waals surface area contributed by atoms with Gasteiger partial charge in [-0.2, -0.15) is 0 Å². The summed E-state index contributed by atoms with van der Waals surface area (Å²) in [6.45, 7) is 4.27. The number of ether oxygens (including phenoxy) is 5. The van der Waals surface area contributed by atoms with Crippen LogP contribution in [0.3, 0.4) is 0 Å². The number of aromatic nitrogens is 2. The minimum Gasteiger partial charge on any atom is -0.494 e. The van der Waals surface area contributed by atoms with Crippen molar-refractivity contribution in [2.24, 2.45) is 5.92 Å². The summed E-state index contributed by atoms with van der Waals surface area (Å²) in [5.41, 5.74) is 0.170. The standard InChI is InChI=1S/C48H76N4O14S.C3H8S4.C2H6S2/c1-39(48(58)59)18-14-15-25-49-45(54)37-65-33-30-62-27-17-19-41(53)36-64-32-31-63-29-26-50-47(57)40-34-51-44(52-35-40)38-67(60,61)43-23-21-42(22-24-43)66-28-16-12-10-8-6-4-2-3-5-7-9-11-13-20-46(55)56;1-4-6-3-7-5-2;1-3-4-2/h21-24,34-35,39H,2-20,25-33,36-38H2,1H3,(H,49,54)(H,50,57)(H,55,56)(H,58,59);3H2,1-2H3;1-2H3/t39-;;/m0../s1. The normalized spacial score (nSPS) is 11.4. The maximum absolute atomic E-state index is 13.0. The molecule has 448 valence electrons. The molecular weight excluding hydrogens is 1140 g/mol. The third kappa shape index (κ3) is 47.2. The molecule has 0 aliphatic rings. The molecule has 0 saturated heterocycles. The summed E-state index contributed by atoms with van der Waals surface area (Å²) in [6, 6.07) is 6.30. The van der Waals surface area contributed by atoms with E-state index in [2.05, 4.69) is 45.6 Å². The molecule has 78 heavy (non-hydrogen) atoms. The van der Waals surface area contributed by atoms with E-state index in [1.54, 1.807) is 40.6 Å². The van der Waals surface area contributed by atoms with Crippen molar-refractivity contribution in [1.82, 2.24) is 20.6 Å². The Bertz CT molecular complexity index is 1920. The summed E-state index contributed by atoms with van der Waals surface area (Å²) in [5.74, 6) is -2.44. The predicted octanol–water partition coefficient (Wildman–Crippen LogP) is 11.1. The number of amides is 2. The van der Waals surface area contributed by atoms with Gasteiger partial charge in [0.2, 0.25) is 5.91 Å². The first-order valence-corrected chi connectivity index (χ1v) is 36.7. The van der Waals surface area contributed by atoms with E-state index < -0.39 is 39.4 Å². The molecule has 1 atom stereocenters. The lowest BCUT2D eigenvalue weighted by atomic mass is 10.0. The van der Waals surface area contributed by atoms with Crippen molar-refractivity contribution in [1.29, 1.82) is 0 Å². The van der Waals surface area contributed by atoms with Gasteiger partial charge in [0.25, 0.3) is 5.91 Å². The van der Waals surface area contributed by atoms with Crippen LogP contribution in [0.15, 0.2) is 41.6 Å². The summed E-state index contributed by atoms with van der Waals surface area (Å²) < 4.78 is 53.4. The number of benzene rings is 1. The monoisotopic (exact) mass is 1230 g/mol. The molecule has 0 radical (unpaired) electrons. The second kappa shape index (κ2) is 53.8. The van der Waals surface area contributed by atoms with Crippen molar-refractivity contribution in [2.45, 2.75) is 140 Å². The van der Waals surface area contributed by atoms with Gasteiger partial charge < -0.3 is 44.5 Å². The van der Waals surface area contributed by atoms with E-state index in [0.717, 1.165) is 44.9 Å². The van der Waals surface area contributed by atoms with Gasteiger partial charge in [-0.3, -0.25) is 24.0 Å². The lowest BCUT2D eigenvalue weighted by Crippen LogP contribution is -2.29. The first kappa shape index (κ1) is 75.5. The SMILES string of the molecule is CSSC.CSSCSSC.C[C@@H](CCCCNC(=O)COCCOCCCC(=O)COCCOCCNC(=O)c1cnc(CS(=O)(=O)c2ccc(OCCCCCCCCCCCCCCCC(=O)O)cc2)nc1)C(=O)O. The molecule has 1 aromatic heterocycles. The lowest BCUT2D eigenvalue weighted by Gasteiger charge is -2.09. The van der Waals surface area contributed by atoms with E-state index in [0.29, 0.717) is 51.2 Å². The second-order valence-electron chi connectivity index (χ2n) is 17.5. The molecule has 2 amide bonds. The average Bonchev–Trinajstić information content (AvgIpc) is 3.42. The number of carboxylic acid groups (broad SMARTS) is 2. The number of nitrogens with one attached hydrogen (secondary N) is 2. The van der Waals surface area contributed by atoms with E-state index in [1.165, 1.54) is 74.6 Å². The molecule has 0 spiro atoms. The van der Waals surface area contributed by atoms with Crippen LogP contribution in [0.1, 0.15) is 145 Å². The van der Waals surface area contributed by atoms with Gasteiger partial charge >= 0.3 is 11.9 Å². The zero-order chi connectivity index (χ0) is 57.8. The summed E-state index contributed by atoms with van der Waals surface area (Å²) in [4.78, 5) is 66.0. The van der Waals surface area contributed by atoms with E-state index >= 15 is 0 Å². The third-order valence-corrected chi connectivity index (χ3v) is 18.4. The van der Waals surface area contributed by atoms with Gasteiger partial charge in [-0.15, -0.1) is 0 Å². The quantitative estimate of drug-likeness (QED) is 0.0273. The van der Waals surface area contributed by atoms with Crippen LogP contribution in [-0.2, 0) is 53.7 Å². The molecule has 4 N–H and O–H groups in total. The second-order valence-corrected chi connectivity index (χ2v) is 27.7. The molecule has 0 aliphatic carbocycles. The molecule has 1 heterocycles. The fraction of sp³-hybridized carbons (Fsp3) is 0.717. The largest absolute Gasteiger partial charge is 0.494 e. The smallest absolute Gasteiger partial charge is 0.306 e. The Morgan fingerprint density at radius 3 is 1.67 bits per heavy atom. The first-order valence-electron chi connectivity index (χ1n) is 26.7. The van der Waals surface area contributed by atoms with Crippen LogP contribution in [0.2, 0.25) is 0 Å². The first-order chi connectivity index (χ1) is 37.7. The van der Waals surface area contributed by atoms with Crippen molar-refractivity contribution in [3.05, 3.63) is 48.0 Å². The number of Topliss-reactive ketones (excluding diaryl/α,β-unsaturated/α-hetero) is 1. The van der Waals surface area contributed by atoms with Crippen molar-refractivity contribution in [3.8, 4) is 5.75 Å². The molecule has 0 bridgehead atoms. The van der Waals surface area contributed by atoms with E-state index in [1.807, 2.05) is 43.2 Å². The van der Waals surface area contributed by atoms with Crippen LogP contribution < -0.4 is 15.4 Å². The molecule has 0 aliphatic heterocycles. The summed E-state index contributed by atoms with van der Waals surface area (Å²) in [6.07, 6.45) is 28.6. The van der Waals surface area contributed by atoms with Gasteiger partial charge in [0.05, 0.1) is 61.1 Å². The highest BCUT2D eigenvalue weighted by Gasteiger charge is 2.18. The molecule has 0 fully saturated rings.